The Morgan fingerprint density at radius 2 is 1.28 bits per heavy atom. The molecule has 1 N–H and O–H groups in total. The Kier molecular flexibility index (Phi) is 8.17. The van der Waals surface area contributed by atoms with Crippen LogP contribution in [-0.2, 0) is 9.53 Å². The highest BCUT2D eigenvalue weighted by atomic mass is 16.5. The third kappa shape index (κ3) is 4.99. The van der Waals surface area contributed by atoms with Crippen LogP contribution in [0.3, 0.4) is 0 Å². The minimum atomic E-state index is -1.01. The van der Waals surface area contributed by atoms with Gasteiger partial charge in [-0.1, -0.05) is 6.92 Å². The summed E-state index contributed by atoms with van der Waals surface area (Å²) in [4.78, 5) is 25.2. The molecule has 0 aliphatic carbocycles. The van der Waals surface area contributed by atoms with E-state index in [1.165, 1.54) is 60.7 Å². The molecule has 0 radical (unpaired) electrons. The standard InChI is InChI=1S/C23H28O9/c1-12(13(2)24)20(14-8-16(25)21(30-6)17(9-14)27-3)32-23(26)15-10-18(28-4)22(31-7)19(11-15)29-5/h8-12,20,25H,1-7H3/t12-,20-/m1/s1. The third-order valence-corrected chi connectivity index (χ3v) is 5.04. The summed E-state index contributed by atoms with van der Waals surface area (Å²) in [7, 11) is 7.11. The average molecular weight is 448 g/mol. The van der Waals surface area contributed by atoms with E-state index >= 15 is 0 Å². The van der Waals surface area contributed by atoms with Crippen molar-refractivity contribution in [2.45, 2.75) is 20.0 Å². The molecule has 0 aromatic heterocycles. The number of rotatable bonds is 10. The van der Waals surface area contributed by atoms with Crippen LogP contribution in [0.4, 0.5) is 0 Å². The number of ketones is 1. The van der Waals surface area contributed by atoms with Crippen molar-refractivity contribution in [1.29, 1.82) is 0 Å². The van der Waals surface area contributed by atoms with Crippen molar-refractivity contribution < 1.29 is 43.1 Å². The molecule has 2 rings (SSSR count). The lowest BCUT2D eigenvalue weighted by Gasteiger charge is -2.24. The first-order valence-electron chi connectivity index (χ1n) is 9.68. The smallest absolute Gasteiger partial charge is 0.339 e. The number of hydrogen-bond acceptors (Lipinski definition) is 9. The summed E-state index contributed by atoms with van der Waals surface area (Å²) >= 11 is 0. The van der Waals surface area contributed by atoms with E-state index < -0.39 is 18.0 Å². The van der Waals surface area contributed by atoms with E-state index in [9.17, 15) is 14.7 Å². The van der Waals surface area contributed by atoms with Gasteiger partial charge in [-0.25, -0.2) is 4.79 Å². The number of phenols is 1. The predicted molar refractivity (Wildman–Crippen MR) is 115 cm³/mol. The number of carbonyl (C=O) groups excluding carboxylic acids is 2. The van der Waals surface area contributed by atoms with E-state index in [0.29, 0.717) is 11.3 Å². The Balaban J connectivity index is 2.52. The maximum absolute atomic E-state index is 13.1. The molecule has 174 valence electrons. The number of benzene rings is 2. The summed E-state index contributed by atoms with van der Waals surface area (Å²) in [5.74, 6) is -0.625. The highest BCUT2D eigenvalue weighted by Gasteiger charge is 2.30. The average Bonchev–Trinajstić information content (AvgIpc) is 2.79. The van der Waals surface area contributed by atoms with Gasteiger partial charge in [-0.2, -0.15) is 0 Å². The van der Waals surface area contributed by atoms with Crippen molar-refractivity contribution in [1.82, 2.24) is 0 Å². The fraction of sp³-hybridized carbons (Fsp3) is 0.391. The van der Waals surface area contributed by atoms with E-state index in [4.69, 9.17) is 28.4 Å². The highest BCUT2D eigenvalue weighted by Crippen LogP contribution is 2.42. The fourth-order valence-electron chi connectivity index (χ4n) is 3.18. The van der Waals surface area contributed by atoms with Gasteiger partial charge < -0.3 is 33.5 Å². The lowest BCUT2D eigenvalue weighted by molar-refractivity contribution is -0.123. The summed E-state index contributed by atoms with van der Waals surface area (Å²) in [6.45, 7) is 3.02. The minimum absolute atomic E-state index is 0.126. The number of aromatic hydroxyl groups is 1. The first-order chi connectivity index (χ1) is 15.2. The number of hydrogen-bond donors (Lipinski definition) is 1. The molecule has 0 aliphatic rings. The van der Waals surface area contributed by atoms with Crippen LogP contribution in [0, 0.1) is 5.92 Å². The number of Topliss-reactive ketones (excluding diaryl/α,β-unsaturated/α-hetero) is 1. The van der Waals surface area contributed by atoms with Gasteiger partial charge in [0.2, 0.25) is 11.5 Å². The van der Waals surface area contributed by atoms with Gasteiger partial charge in [0.1, 0.15) is 11.9 Å². The van der Waals surface area contributed by atoms with Gasteiger partial charge in [0, 0.05) is 5.56 Å². The Morgan fingerprint density at radius 1 is 0.781 bits per heavy atom. The zero-order chi connectivity index (χ0) is 24.0. The molecule has 0 unspecified atom stereocenters. The maximum Gasteiger partial charge on any atom is 0.339 e. The molecule has 0 amide bonds. The van der Waals surface area contributed by atoms with Gasteiger partial charge in [0.15, 0.2) is 23.0 Å². The van der Waals surface area contributed by atoms with Gasteiger partial charge in [-0.05, 0) is 31.2 Å². The molecule has 0 fully saturated rings. The first-order valence-corrected chi connectivity index (χ1v) is 9.68. The molecule has 9 heteroatoms. The van der Waals surface area contributed by atoms with Gasteiger partial charge in [-0.3, -0.25) is 4.79 Å². The molecule has 0 heterocycles. The van der Waals surface area contributed by atoms with Crippen molar-refractivity contribution in [2.24, 2.45) is 5.92 Å². The van der Waals surface area contributed by atoms with Gasteiger partial charge >= 0.3 is 5.97 Å². The second-order valence-electron chi connectivity index (χ2n) is 6.91. The van der Waals surface area contributed by atoms with Crippen molar-refractivity contribution in [3.63, 3.8) is 0 Å². The number of carbonyl (C=O) groups is 2. The quantitative estimate of drug-likeness (QED) is 0.546. The Bertz CT molecular complexity index is 959. The molecule has 2 aromatic rings. The second kappa shape index (κ2) is 10.6. The molecular weight excluding hydrogens is 420 g/mol. The number of esters is 1. The first kappa shape index (κ1) is 24.6. The van der Waals surface area contributed by atoms with E-state index in [-0.39, 0.29) is 40.1 Å². The zero-order valence-corrected chi connectivity index (χ0v) is 19.2. The minimum Gasteiger partial charge on any atom is -0.504 e. The highest BCUT2D eigenvalue weighted by molar-refractivity contribution is 5.92. The molecular formula is C23H28O9. The molecule has 0 aliphatic heterocycles. The molecule has 2 atom stereocenters. The molecule has 2 aromatic carbocycles. The third-order valence-electron chi connectivity index (χ3n) is 5.04. The summed E-state index contributed by atoms with van der Waals surface area (Å²) in [6.07, 6.45) is -1.01. The maximum atomic E-state index is 13.1. The summed E-state index contributed by atoms with van der Waals surface area (Å²) in [5, 5.41) is 10.3. The predicted octanol–water partition coefficient (Wildman–Crippen LogP) is 3.56. The lowest BCUT2D eigenvalue weighted by atomic mass is 9.93. The van der Waals surface area contributed by atoms with E-state index in [2.05, 4.69) is 0 Å². The van der Waals surface area contributed by atoms with Crippen molar-refractivity contribution in [3.05, 3.63) is 35.4 Å². The monoisotopic (exact) mass is 448 g/mol. The van der Waals surface area contributed by atoms with Crippen LogP contribution in [0.5, 0.6) is 34.5 Å². The molecule has 0 saturated carbocycles. The molecule has 9 nitrogen and oxygen atoms in total. The largest absolute Gasteiger partial charge is 0.504 e. The van der Waals surface area contributed by atoms with Crippen LogP contribution in [0.2, 0.25) is 0 Å². The van der Waals surface area contributed by atoms with Crippen molar-refractivity contribution in [2.75, 3.05) is 35.5 Å². The van der Waals surface area contributed by atoms with E-state index in [0.717, 1.165) is 0 Å². The van der Waals surface area contributed by atoms with Crippen LogP contribution >= 0.6 is 0 Å². The van der Waals surface area contributed by atoms with E-state index in [1.807, 2.05) is 0 Å². The van der Waals surface area contributed by atoms with Crippen molar-refractivity contribution >= 4 is 11.8 Å². The van der Waals surface area contributed by atoms with Crippen LogP contribution in [0.1, 0.15) is 35.9 Å². The Hall–Kier alpha value is -3.62. The lowest BCUT2D eigenvalue weighted by Crippen LogP contribution is -2.23. The van der Waals surface area contributed by atoms with Crippen LogP contribution in [0.15, 0.2) is 24.3 Å². The number of phenolic OH excluding ortho intramolecular Hbond substituents is 1. The van der Waals surface area contributed by atoms with Crippen molar-refractivity contribution in [3.8, 4) is 34.5 Å². The molecule has 0 bridgehead atoms. The van der Waals surface area contributed by atoms with Gasteiger partial charge in [0.05, 0.1) is 47.0 Å². The second-order valence-corrected chi connectivity index (χ2v) is 6.91. The number of ether oxygens (including phenoxy) is 6. The number of methoxy groups -OCH3 is 5. The molecule has 0 saturated heterocycles. The summed E-state index contributed by atoms with van der Waals surface area (Å²) in [6, 6.07) is 5.82. The van der Waals surface area contributed by atoms with Crippen LogP contribution in [0.25, 0.3) is 0 Å². The van der Waals surface area contributed by atoms with Gasteiger partial charge in [-0.15, -0.1) is 0 Å². The van der Waals surface area contributed by atoms with Crippen LogP contribution in [-0.4, -0.2) is 52.4 Å². The molecule has 0 spiro atoms. The fourth-order valence-corrected chi connectivity index (χ4v) is 3.18. The molecule has 32 heavy (non-hydrogen) atoms. The topological polar surface area (TPSA) is 110 Å². The summed E-state index contributed by atoms with van der Waals surface area (Å²) < 4.78 is 32.0. The Labute approximate surface area is 186 Å². The Morgan fingerprint density at radius 3 is 1.72 bits per heavy atom. The summed E-state index contributed by atoms with van der Waals surface area (Å²) in [5.41, 5.74) is 0.494. The van der Waals surface area contributed by atoms with Gasteiger partial charge in [0.25, 0.3) is 0 Å². The normalized spacial score (nSPS) is 12.3. The zero-order valence-electron chi connectivity index (χ0n) is 19.2. The van der Waals surface area contributed by atoms with Crippen LogP contribution < -0.4 is 23.7 Å². The van der Waals surface area contributed by atoms with E-state index in [1.54, 1.807) is 13.0 Å². The SMILES string of the molecule is COc1cc([C@H](OC(=O)c2cc(OC)c(OC)c(OC)c2)[C@H](C)C(C)=O)cc(O)c1OC.